The van der Waals surface area contributed by atoms with Crippen molar-refractivity contribution in [1.29, 1.82) is 0 Å². The SMILES string of the molecule is CCC1CCC(NC(C)C(=O)NCC(C)C)CC1. The molecule has 0 bridgehead atoms. The molecule has 3 heteroatoms. The predicted octanol–water partition coefficient (Wildman–Crippen LogP) is 2.71. The Morgan fingerprint density at radius 3 is 2.28 bits per heavy atom. The van der Waals surface area contributed by atoms with Crippen molar-refractivity contribution in [2.45, 2.75) is 71.9 Å². The van der Waals surface area contributed by atoms with Gasteiger partial charge in [-0.3, -0.25) is 4.79 Å². The maximum Gasteiger partial charge on any atom is 0.236 e. The van der Waals surface area contributed by atoms with E-state index in [4.69, 9.17) is 0 Å². The molecule has 18 heavy (non-hydrogen) atoms. The largest absolute Gasteiger partial charge is 0.354 e. The molecule has 0 saturated heterocycles. The Hall–Kier alpha value is -0.570. The van der Waals surface area contributed by atoms with Gasteiger partial charge in [-0.05, 0) is 44.4 Å². The van der Waals surface area contributed by atoms with E-state index in [1.165, 1.54) is 32.1 Å². The van der Waals surface area contributed by atoms with Gasteiger partial charge in [-0.2, -0.15) is 0 Å². The van der Waals surface area contributed by atoms with Gasteiger partial charge in [-0.15, -0.1) is 0 Å². The van der Waals surface area contributed by atoms with Gasteiger partial charge in [0.25, 0.3) is 0 Å². The number of amides is 1. The first-order valence-corrected chi connectivity index (χ1v) is 7.56. The van der Waals surface area contributed by atoms with Crippen molar-refractivity contribution in [3.8, 4) is 0 Å². The van der Waals surface area contributed by atoms with E-state index in [9.17, 15) is 4.79 Å². The van der Waals surface area contributed by atoms with E-state index in [0.29, 0.717) is 12.0 Å². The molecule has 1 saturated carbocycles. The average molecular weight is 254 g/mol. The summed E-state index contributed by atoms with van der Waals surface area (Å²) in [5, 5.41) is 6.46. The fraction of sp³-hybridized carbons (Fsp3) is 0.933. The molecule has 0 heterocycles. The normalized spacial score (nSPS) is 26.1. The summed E-state index contributed by atoms with van der Waals surface area (Å²) in [7, 11) is 0. The quantitative estimate of drug-likeness (QED) is 0.765. The third kappa shape index (κ3) is 5.38. The van der Waals surface area contributed by atoms with Crippen LogP contribution in [0, 0.1) is 11.8 Å². The molecule has 106 valence electrons. The van der Waals surface area contributed by atoms with Crippen molar-refractivity contribution < 1.29 is 4.79 Å². The summed E-state index contributed by atoms with van der Waals surface area (Å²) in [4.78, 5) is 11.9. The Balaban J connectivity index is 2.23. The lowest BCUT2D eigenvalue weighted by atomic mass is 9.84. The second kappa shape index (κ2) is 7.78. The zero-order chi connectivity index (χ0) is 13.5. The fourth-order valence-electron chi connectivity index (χ4n) is 2.62. The minimum Gasteiger partial charge on any atom is -0.354 e. The Kier molecular flexibility index (Phi) is 6.69. The van der Waals surface area contributed by atoms with Gasteiger partial charge in [0.1, 0.15) is 0 Å². The van der Waals surface area contributed by atoms with E-state index in [0.717, 1.165) is 12.5 Å². The minimum absolute atomic E-state index is 0.0630. The summed E-state index contributed by atoms with van der Waals surface area (Å²) in [6.07, 6.45) is 6.38. The summed E-state index contributed by atoms with van der Waals surface area (Å²) in [5.41, 5.74) is 0. The number of rotatable bonds is 6. The monoisotopic (exact) mass is 254 g/mol. The van der Waals surface area contributed by atoms with Gasteiger partial charge in [0, 0.05) is 12.6 Å². The maximum atomic E-state index is 11.9. The molecule has 3 nitrogen and oxygen atoms in total. The number of nitrogens with one attached hydrogen (secondary N) is 2. The highest BCUT2D eigenvalue weighted by atomic mass is 16.2. The predicted molar refractivity (Wildman–Crippen MR) is 76.5 cm³/mol. The molecule has 1 aliphatic carbocycles. The Morgan fingerprint density at radius 1 is 1.17 bits per heavy atom. The Bertz CT molecular complexity index is 245. The molecular formula is C15H30N2O. The summed E-state index contributed by atoms with van der Waals surface area (Å²) < 4.78 is 0. The molecule has 1 fully saturated rings. The van der Waals surface area contributed by atoms with Crippen molar-refractivity contribution in [2.75, 3.05) is 6.54 Å². The summed E-state index contributed by atoms with van der Waals surface area (Å²) in [6, 6.07) is 0.472. The fourth-order valence-corrected chi connectivity index (χ4v) is 2.62. The number of hydrogen-bond acceptors (Lipinski definition) is 2. The number of carbonyl (C=O) groups excluding carboxylic acids is 1. The van der Waals surface area contributed by atoms with E-state index >= 15 is 0 Å². The second-order valence-corrected chi connectivity index (χ2v) is 6.15. The van der Waals surface area contributed by atoms with E-state index in [1.807, 2.05) is 6.92 Å². The third-order valence-corrected chi connectivity index (χ3v) is 3.99. The minimum atomic E-state index is -0.0630. The lowest BCUT2D eigenvalue weighted by molar-refractivity contribution is -0.123. The molecule has 1 rings (SSSR count). The summed E-state index contributed by atoms with van der Waals surface area (Å²) in [5.74, 6) is 1.57. The molecule has 0 aromatic rings. The highest BCUT2D eigenvalue weighted by Gasteiger charge is 2.23. The van der Waals surface area contributed by atoms with Gasteiger partial charge < -0.3 is 10.6 Å². The van der Waals surface area contributed by atoms with Gasteiger partial charge in [0.15, 0.2) is 0 Å². The van der Waals surface area contributed by atoms with Crippen LogP contribution in [-0.4, -0.2) is 24.5 Å². The van der Waals surface area contributed by atoms with Crippen molar-refractivity contribution >= 4 is 5.91 Å². The average Bonchev–Trinajstić information content (AvgIpc) is 2.36. The number of hydrogen-bond donors (Lipinski definition) is 2. The standard InChI is InChI=1S/C15H30N2O/c1-5-13-6-8-14(9-7-13)17-12(4)15(18)16-10-11(2)3/h11-14,17H,5-10H2,1-4H3,(H,16,18). The first kappa shape index (κ1) is 15.5. The molecular weight excluding hydrogens is 224 g/mol. The van der Waals surface area contributed by atoms with Crippen LogP contribution in [0.25, 0.3) is 0 Å². The summed E-state index contributed by atoms with van der Waals surface area (Å²) in [6.45, 7) is 9.25. The van der Waals surface area contributed by atoms with E-state index < -0.39 is 0 Å². The van der Waals surface area contributed by atoms with Gasteiger partial charge in [-0.1, -0.05) is 27.2 Å². The van der Waals surface area contributed by atoms with E-state index in [1.54, 1.807) is 0 Å². The zero-order valence-electron chi connectivity index (χ0n) is 12.5. The van der Waals surface area contributed by atoms with Crippen LogP contribution in [0.3, 0.4) is 0 Å². The highest BCUT2D eigenvalue weighted by Crippen LogP contribution is 2.26. The smallest absolute Gasteiger partial charge is 0.236 e. The van der Waals surface area contributed by atoms with Crippen LogP contribution in [0.5, 0.6) is 0 Å². The Labute approximate surface area is 112 Å². The van der Waals surface area contributed by atoms with Gasteiger partial charge in [0.05, 0.1) is 6.04 Å². The first-order chi connectivity index (χ1) is 8.52. The van der Waals surface area contributed by atoms with Crippen LogP contribution >= 0.6 is 0 Å². The lowest BCUT2D eigenvalue weighted by Gasteiger charge is -2.30. The molecule has 0 spiro atoms. The van der Waals surface area contributed by atoms with E-state index in [-0.39, 0.29) is 11.9 Å². The molecule has 0 aromatic heterocycles. The van der Waals surface area contributed by atoms with Crippen LogP contribution in [0.2, 0.25) is 0 Å². The molecule has 1 unspecified atom stereocenters. The van der Waals surface area contributed by atoms with E-state index in [2.05, 4.69) is 31.4 Å². The van der Waals surface area contributed by atoms with Crippen molar-refractivity contribution in [2.24, 2.45) is 11.8 Å². The highest BCUT2D eigenvalue weighted by molar-refractivity contribution is 5.81. The third-order valence-electron chi connectivity index (χ3n) is 3.99. The maximum absolute atomic E-state index is 11.9. The molecule has 2 N–H and O–H groups in total. The van der Waals surface area contributed by atoms with Gasteiger partial charge in [0.2, 0.25) is 5.91 Å². The van der Waals surface area contributed by atoms with Crippen LogP contribution in [-0.2, 0) is 4.79 Å². The molecule has 1 aliphatic rings. The van der Waals surface area contributed by atoms with Crippen molar-refractivity contribution in [3.63, 3.8) is 0 Å². The molecule has 0 aromatic carbocycles. The van der Waals surface area contributed by atoms with Crippen LogP contribution < -0.4 is 10.6 Å². The van der Waals surface area contributed by atoms with Crippen LogP contribution in [0.1, 0.15) is 59.8 Å². The molecule has 1 atom stereocenters. The Morgan fingerprint density at radius 2 is 1.78 bits per heavy atom. The van der Waals surface area contributed by atoms with Gasteiger partial charge >= 0.3 is 0 Å². The summed E-state index contributed by atoms with van der Waals surface area (Å²) >= 11 is 0. The second-order valence-electron chi connectivity index (χ2n) is 6.15. The lowest BCUT2D eigenvalue weighted by Crippen LogP contribution is -2.48. The zero-order valence-corrected chi connectivity index (χ0v) is 12.5. The van der Waals surface area contributed by atoms with Crippen LogP contribution in [0.4, 0.5) is 0 Å². The van der Waals surface area contributed by atoms with Crippen molar-refractivity contribution in [3.05, 3.63) is 0 Å². The first-order valence-electron chi connectivity index (χ1n) is 7.56. The molecule has 0 aliphatic heterocycles. The topological polar surface area (TPSA) is 41.1 Å². The van der Waals surface area contributed by atoms with Gasteiger partial charge in [-0.25, -0.2) is 0 Å². The number of carbonyl (C=O) groups is 1. The molecule has 0 radical (unpaired) electrons. The van der Waals surface area contributed by atoms with Crippen molar-refractivity contribution in [1.82, 2.24) is 10.6 Å². The molecule has 1 amide bonds. The van der Waals surface area contributed by atoms with Crippen LogP contribution in [0.15, 0.2) is 0 Å².